The average Bonchev–Trinajstić information content (AvgIpc) is 2.68. The molecule has 1 amide bonds. The van der Waals surface area contributed by atoms with Gasteiger partial charge in [-0.1, -0.05) is 40.9 Å². The van der Waals surface area contributed by atoms with E-state index in [1.54, 1.807) is 30.3 Å². The number of amides is 1. The van der Waals surface area contributed by atoms with E-state index in [9.17, 15) is 9.59 Å². The Hall–Kier alpha value is -1.55. The molecule has 0 fully saturated rings. The Morgan fingerprint density at radius 1 is 0.905 bits per heavy atom. The Labute approximate surface area is 136 Å². The monoisotopic (exact) mass is 339 g/mol. The number of Topliss-reactive ketones (excluding diaryl/α,β-unsaturated/α-hetero) is 1. The van der Waals surface area contributed by atoms with Crippen LogP contribution < -0.4 is 4.90 Å². The third kappa shape index (κ3) is 2.53. The third-order valence-corrected chi connectivity index (χ3v) is 4.23. The molecule has 0 saturated heterocycles. The molecule has 0 unspecified atom stereocenters. The molecule has 21 heavy (non-hydrogen) atoms. The van der Waals surface area contributed by atoms with E-state index in [0.29, 0.717) is 26.3 Å². The lowest BCUT2D eigenvalue weighted by atomic mass is 10.1. The molecule has 106 valence electrons. The second kappa shape index (κ2) is 5.34. The van der Waals surface area contributed by atoms with Crippen LogP contribution in [-0.4, -0.2) is 11.7 Å². The van der Waals surface area contributed by atoms with Crippen LogP contribution in [0.1, 0.15) is 15.9 Å². The minimum Gasteiger partial charge on any atom is -0.300 e. The number of hydrogen-bond donors (Lipinski definition) is 0. The fourth-order valence-electron chi connectivity index (χ4n) is 2.25. The van der Waals surface area contributed by atoms with Gasteiger partial charge in [0.05, 0.1) is 27.8 Å². The Morgan fingerprint density at radius 3 is 2.38 bits per heavy atom. The zero-order chi connectivity index (χ0) is 15.1. The first kappa shape index (κ1) is 14.4. The van der Waals surface area contributed by atoms with Crippen molar-refractivity contribution in [2.24, 2.45) is 0 Å². The predicted molar refractivity (Wildman–Crippen MR) is 83.4 cm³/mol. The molecular formula is C15H8Cl3NO2. The number of hydrogen-bond acceptors (Lipinski definition) is 2. The summed E-state index contributed by atoms with van der Waals surface area (Å²) >= 11 is 17.7. The van der Waals surface area contributed by atoms with Crippen molar-refractivity contribution >= 4 is 52.2 Å². The Morgan fingerprint density at radius 2 is 1.67 bits per heavy atom. The lowest BCUT2D eigenvalue weighted by molar-refractivity contribution is -0.114. The molecule has 1 aliphatic heterocycles. The Balaban J connectivity index is 1.98. The van der Waals surface area contributed by atoms with Crippen molar-refractivity contribution in [1.82, 2.24) is 0 Å². The fraction of sp³-hybridized carbons (Fsp3) is 0.0667. The zero-order valence-electron chi connectivity index (χ0n) is 10.6. The van der Waals surface area contributed by atoms with E-state index in [1.165, 1.54) is 11.0 Å². The van der Waals surface area contributed by atoms with E-state index in [2.05, 4.69) is 0 Å². The maximum absolute atomic E-state index is 12.1. The molecule has 0 aromatic heterocycles. The summed E-state index contributed by atoms with van der Waals surface area (Å²) < 4.78 is 0. The summed E-state index contributed by atoms with van der Waals surface area (Å²) in [6.45, 7) is 0.246. The van der Waals surface area contributed by atoms with Gasteiger partial charge in [0, 0.05) is 5.02 Å². The van der Waals surface area contributed by atoms with Gasteiger partial charge in [-0.25, -0.2) is 0 Å². The van der Waals surface area contributed by atoms with Gasteiger partial charge < -0.3 is 4.90 Å². The first-order chi connectivity index (χ1) is 9.97. The van der Waals surface area contributed by atoms with Crippen LogP contribution in [0.4, 0.5) is 5.69 Å². The van der Waals surface area contributed by atoms with Crippen molar-refractivity contribution in [3.8, 4) is 0 Å². The van der Waals surface area contributed by atoms with Gasteiger partial charge in [0.2, 0.25) is 0 Å². The molecule has 3 nitrogen and oxygen atoms in total. The van der Waals surface area contributed by atoms with E-state index in [0.717, 1.165) is 5.56 Å². The number of ketones is 1. The number of rotatable bonds is 2. The minimum absolute atomic E-state index is 0.246. The highest BCUT2D eigenvalue weighted by molar-refractivity contribution is 6.52. The molecule has 0 saturated carbocycles. The van der Waals surface area contributed by atoms with Crippen molar-refractivity contribution in [2.45, 2.75) is 6.54 Å². The second-order valence-corrected chi connectivity index (χ2v) is 5.88. The molecule has 0 aliphatic carbocycles. The fourth-order valence-corrected chi connectivity index (χ4v) is 2.74. The van der Waals surface area contributed by atoms with Crippen LogP contribution in [0, 0.1) is 0 Å². The van der Waals surface area contributed by atoms with Crippen LogP contribution in [0.2, 0.25) is 15.1 Å². The number of carbonyl (C=O) groups excluding carboxylic acids is 2. The summed E-state index contributed by atoms with van der Waals surface area (Å²) in [6, 6.07) is 9.91. The van der Waals surface area contributed by atoms with Crippen LogP contribution in [0.5, 0.6) is 0 Å². The van der Waals surface area contributed by atoms with E-state index >= 15 is 0 Å². The van der Waals surface area contributed by atoms with Gasteiger partial charge in [0.15, 0.2) is 0 Å². The molecule has 2 aromatic carbocycles. The van der Waals surface area contributed by atoms with Crippen molar-refractivity contribution in [3.05, 3.63) is 62.6 Å². The van der Waals surface area contributed by atoms with Gasteiger partial charge in [0.1, 0.15) is 0 Å². The number of anilines is 1. The molecule has 0 radical (unpaired) electrons. The van der Waals surface area contributed by atoms with Gasteiger partial charge in [-0.05, 0) is 35.9 Å². The number of halogens is 3. The van der Waals surface area contributed by atoms with E-state index < -0.39 is 11.7 Å². The van der Waals surface area contributed by atoms with Crippen LogP contribution in [0.15, 0.2) is 36.4 Å². The maximum atomic E-state index is 12.1. The van der Waals surface area contributed by atoms with Crippen LogP contribution >= 0.6 is 34.8 Å². The quantitative estimate of drug-likeness (QED) is 0.761. The Kier molecular flexibility index (Phi) is 3.66. The first-order valence-corrected chi connectivity index (χ1v) is 7.20. The standard InChI is InChI=1S/C15H8Cl3NO2/c16-9-2-4-13-10(6-9)14(20)15(21)19(13)7-8-1-3-11(17)12(18)5-8/h1-6H,7H2. The highest BCUT2D eigenvalue weighted by Crippen LogP contribution is 2.33. The minimum atomic E-state index is -0.571. The molecule has 0 N–H and O–H groups in total. The van der Waals surface area contributed by atoms with Gasteiger partial charge in [0.25, 0.3) is 11.7 Å². The maximum Gasteiger partial charge on any atom is 0.299 e. The van der Waals surface area contributed by atoms with E-state index in [1.807, 2.05) is 0 Å². The lowest BCUT2D eigenvalue weighted by Gasteiger charge is -2.17. The van der Waals surface area contributed by atoms with Gasteiger partial charge in [-0.15, -0.1) is 0 Å². The van der Waals surface area contributed by atoms with E-state index in [-0.39, 0.29) is 6.54 Å². The highest BCUT2D eigenvalue weighted by atomic mass is 35.5. The van der Waals surface area contributed by atoms with Gasteiger partial charge >= 0.3 is 0 Å². The lowest BCUT2D eigenvalue weighted by Crippen LogP contribution is -2.29. The third-order valence-electron chi connectivity index (χ3n) is 3.26. The summed E-state index contributed by atoms with van der Waals surface area (Å²) in [5.41, 5.74) is 1.67. The SMILES string of the molecule is O=C1C(=O)N(Cc2ccc(Cl)c(Cl)c2)c2ccc(Cl)cc21. The molecule has 0 bridgehead atoms. The van der Waals surface area contributed by atoms with E-state index in [4.69, 9.17) is 34.8 Å². The van der Waals surface area contributed by atoms with Crippen molar-refractivity contribution in [1.29, 1.82) is 0 Å². The zero-order valence-corrected chi connectivity index (χ0v) is 12.8. The summed E-state index contributed by atoms with van der Waals surface area (Å²) in [5.74, 6) is -1.12. The van der Waals surface area contributed by atoms with Crippen molar-refractivity contribution < 1.29 is 9.59 Å². The summed E-state index contributed by atoms with van der Waals surface area (Å²) in [5, 5.41) is 1.27. The molecule has 1 aliphatic rings. The molecule has 2 aromatic rings. The number of nitrogens with zero attached hydrogens (tertiary/aromatic N) is 1. The molecule has 1 heterocycles. The molecule has 0 atom stereocenters. The normalized spacial score (nSPS) is 13.8. The molecule has 0 spiro atoms. The summed E-state index contributed by atoms with van der Waals surface area (Å²) in [7, 11) is 0. The van der Waals surface area contributed by atoms with Crippen LogP contribution in [0.25, 0.3) is 0 Å². The van der Waals surface area contributed by atoms with Gasteiger partial charge in [-0.3, -0.25) is 9.59 Å². The van der Waals surface area contributed by atoms with Crippen molar-refractivity contribution in [2.75, 3.05) is 4.90 Å². The smallest absolute Gasteiger partial charge is 0.299 e. The number of fused-ring (bicyclic) bond motifs is 1. The van der Waals surface area contributed by atoms with Crippen LogP contribution in [-0.2, 0) is 11.3 Å². The van der Waals surface area contributed by atoms with Crippen LogP contribution in [0.3, 0.4) is 0 Å². The molecule has 3 rings (SSSR count). The largest absolute Gasteiger partial charge is 0.300 e. The summed E-state index contributed by atoms with van der Waals surface area (Å²) in [6.07, 6.45) is 0. The summed E-state index contributed by atoms with van der Waals surface area (Å²) in [4.78, 5) is 25.5. The average molecular weight is 341 g/mol. The topological polar surface area (TPSA) is 37.4 Å². The first-order valence-electron chi connectivity index (χ1n) is 6.07. The number of benzene rings is 2. The van der Waals surface area contributed by atoms with Crippen molar-refractivity contribution in [3.63, 3.8) is 0 Å². The predicted octanol–water partition coefficient (Wildman–Crippen LogP) is 4.38. The molecular weight excluding hydrogens is 333 g/mol. The molecule has 6 heteroatoms. The Bertz CT molecular complexity index is 774. The second-order valence-electron chi connectivity index (χ2n) is 4.63. The number of carbonyl (C=O) groups is 2. The highest BCUT2D eigenvalue weighted by Gasteiger charge is 2.35. The van der Waals surface area contributed by atoms with Gasteiger partial charge in [-0.2, -0.15) is 0 Å².